The fraction of sp³-hybridized carbons (Fsp3) is 0.643. The number of amides is 1. The number of nitrogens with zero attached hydrogens (tertiary/aromatic N) is 3. The Morgan fingerprint density at radius 1 is 1.52 bits per heavy atom. The third-order valence-electron chi connectivity index (χ3n) is 3.54. The molecule has 1 saturated heterocycles. The minimum absolute atomic E-state index is 0.0909. The number of aryl methyl sites for hydroxylation is 1. The summed E-state index contributed by atoms with van der Waals surface area (Å²) in [4.78, 5) is 24.9. The predicted octanol–water partition coefficient (Wildman–Crippen LogP) is 0.859. The van der Waals surface area contributed by atoms with Gasteiger partial charge in [-0.3, -0.25) is 14.3 Å². The minimum atomic E-state index is -0.920. The second-order valence-electron chi connectivity index (χ2n) is 5.57. The van der Waals surface area contributed by atoms with Crippen LogP contribution < -0.4 is 0 Å². The van der Waals surface area contributed by atoms with Crippen LogP contribution in [0.5, 0.6) is 0 Å². The summed E-state index contributed by atoms with van der Waals surface area (Å²) in [6.45, 7) is 5.17. The average Bonchev–Trinajstić information content (AvgIpc) is 2.80. The van der Waals surface area contributed by atoms with E-state index in [1.807, 2.05) is 13.8 Å². The zero-order chi connectivity index (χ0) is 15.6. The van der Waals surface area contributed by atoms with Crippen molar-refractivity contribution in [2.45, 2.75) is 32.3 Å². The van der Waals surface area contributed by atoms with E-state index in [9.17, 15) is 9.59 Å². The Labute approximate surface area is 123 Å². The van der Waals surface area contributed by atoms with Crippen molar-refractivity contribution in [1.29, 1.82) is 0 Å². The molecule has 0 unspecified atom stereocenters. The molecule has 1 fully saturated rings. The zero-order valence-electron chi connectivity index (χ0n) is 12.6. The van der Waals surface area contributed by atoms with Gasteiger partial charge in [0.25, 0.3) is 5.91 Å². The summed E-state index contributed by atoms with van der Waals surface area (Å²) in [7, 11) is 1.74. The average molecular weight is 295 g/mol. The highest BCUT2D eigenvalue weighted by Gasteiger charge is 2.28. The number of carboxylic acid groups (broad SMARTS) is 1. The first-order valence-electron chi connectivity index (χ1n) is 7.05. The normalized spacial score (nSPS) is 19.0. The Bertz CT molecular complexity index is 538. The number of ether oxygens (including phenoxy) is 1. The van der Waals surface area contributed by atoms with Crippen molar-refractivity contribution in [3.05, 3.63) is 17.5 Å². The van der Waals surface area contributed by atoms with Gasteiger partial charge in [0.15, 0.2) is 0 Å². The number of carboxylic acids is 1. The molecule has 116 valence electrons. The van der Waals surface area contributed by atoms with Crippen molar-refractivity contribution in [1.82, 2.24) is 14.7 Å². The lowest BCUT2D eigenvalue weighted by molar-refractivity contribution is -0.141. The van der Waals surface area contributed by atoms with Crippen LogP contribution in [0.2, 0.25) is 0 Å². The van der Waals surface area contributed by atoms with Gasteiger partial charge in [-0.2, -0.15) is 5.10 Å². The fourth-order valence-corrected chi connectivity index (χ4v) is 2.36. The first-order chi connectivity index (χ1) is 9.88. The summed E-state index contributed by atoms with van der Waals surface area (Å²) in [5.74, 6) is -0.797. The highest BCUT2D eigenvalue weighted by Crippen LogP contribution is 2.17. The van der Waals surface area contributed by atoms with E-state index in [1.54, 1.807) is 22.7 Å². The summed E-state index contributed by atoms with van der Waals surface area (Å²) in [5, 5.41) is 13.2. The summed E-state index contributed by atoms with van der Waals surface area (Å²) in [5.41, 5.74) is 1.39. The van der Waals surface area contributed by atoms with E-state index >= 15 is 0 Å². The summed E-state index contributed by atoms with van der Waals surface area (Å²) in [6.07, 6.45) is -0.537. The molecule has 1 aliphatic rings. The van der Waals surface area contributed by atoms with E-state index in [1.165, 1.54) is 0 Å². The predicted molar refractivity (Wildman–Crippen MR) is 75.2 cm³/mol. The summed E-state index contributed by atoms with van der Waals surface area (Å²) < 4.78 is 6.96. The van der Waals surface area contributed by atoms with E-state index in [0.29, 0.717) is 25.4 Å². The first-order valence-corrected chi connectivity index (χ1v) is 7.05. The monoisotopic (exact) mass is 295 g/mol. The maximum absolute atomic E-state index is 12.5. The Kier molecular flexibility index (Phi) is 4.62. The number of hydrogen-bond donors (Lipinski definition) is 1. The largest absolute Gasteiger partial charge is 0.481 e. The molecule has 1 aliphatic heterocycles. The van der Waals surface area contributed by atoms with Gasteiger partial charge < -0.3 is 14.7 Å². The maximum Gasteiger partial charge on any atom is 0.306 e. The van der Waals surface area contributed by atoms with Crippen LogP contribution >= 0.6 is 0 Å². The molecule has 21 heavy (non-hydrogen) atoms. The van der Waals surface area contributed by atoms with Gasteiger partial charge in [-0.05, 0) is 12.0 Å². The third-order valence-corrected chi connectivity index (χ3v) is 3.54. The summed E-state index contributed by atoms with van der Waals surface area (Å²) in [6, 6.07) is 1.80. The van der Waals surface area contributed by atoms with Gasteiger partial charge in [-0.1, -0.05) is 13.8 Å². The topological polar surface area (TPSA) is 84.7 Å². The van der Waals surface area contributed by atoms with E-state index in [4.69, 9.17) is 9.84 Å². The molecule has 1 N–H and O–H groups in total. The highest BCUT2D eigenvalue weighted by atomic mass is 16.5. The molecule has 7 heteroatoms. The molecule has 1 amide bonds. The quantitative estimate of drug-likeness (QED) is 0.890. The van der Waals surface area contributed by atoms with Gasteiger partial charge in [0.1, 0.15) is 5.69 Å². The van der Waals surface area contributed by atoms with E-state index in [2.05, 4.69) is 5.10 Å². The minimum Gasteiger partial charge on any atom is -0.481 e. The van der Waals surface area contributed by atoms with Crippen molar-refractivity contribution >= 4 is 11.9 Å². The van der Waals surface area contributed by atoms with Crippen molar-refractivity contribution in [3.63, 3.8) is 0 Å². The van der Waals surface area contributed by atoms with Gasteiger partial charge in [0.05, 0.1) is 24.8 Å². The molecule has 0 spiro atoms. The molecule has 2 heterocycles. The molecule has 1 aromatic heterocycles. The van der Waals surface area contributed by atoms with E-state index < -0.39 is 12.1 Å². The van der Waals surface area contributed by atoms with Crippen molar-refractivity contribution in [2.75, 3.05) is 19.7 Å². The van der Waals surface area contributed by atoms with Crippen LogP contribution in [0.25, 0.3) is 0 Å². The molecule has 1 atom stereocenters. The molecule has 2 rings (SSSR count). The van der Waals surface area contributed by atoms with Crippen LogP contribution in [-0.2, 0) is 16.6 Å². The van der Waals surface area contributed by atoms with Gasteiger partial charge in [-0.15, -0.1) is 0 Å². The molecule has 0 radical (unpaired) electrons. The lowest BCUT2D eigenvalue weighted by Crippen LogP contribution is -2.46. The standard InChI is InChI=1S/C14H21N3O4/c1-9(2)11-7-12(16(3)15-11)14(20)17-4-5-21-10(8-17)6-13(18)19/h7,9-10H,4-6,8H2,1-3H3,(H,18,19)/t10-/m1/s1. The van der Waals surface area contributed by atoms with Gasteiger partial charge in [0, 0.05) is 20.1 Å². The Hall–Kier alpha value is -1.89. The second kappa shape index (κ2) is 6.26. The van der Waals surface area contributed by atoms with E-state index in [-0.39, 0.29) is 18.2 Å². The molecule has 0 aromatic carbocycles. The smallest absolute Gasteiger partial charge is 0.306 e. The van der Waals surface area contributed by atoms with Crippen molar-refractivity contribution < 1.29 is 19.4 Å². The van der Waals surface area contributed by atoms with Crippen LogP contribution in [0.4, 0.5) is 0 Å². The molecular formula is C14H21N3O4. The Balaban J connectivity index is 2.10. The lowest BCUT2D eigenvalue weighted by Gasteiger charge is -2.32. The van der Waals surface area contributed by atoms with Gasteiger partial charge >= 0.3 is 5.97 Å². The van der Waals surface area contributed by atoms with E-state index in [0.717, 1.165) is 5.69 Å². The van der Waals surface area contributed by atoms with Crippen LogP contribution in [0.3, 0.4) is 0 Å². The number of rotatable bonds is 4. The fourth-order valence-electron chi connectivity index (χ4n) is 2.36. The second-order valence-corrected chi connectivity index (χ2v) is 5.57. The molecule has 1 aromatic rings. The lowest BCUT2D eigenvalue weighted by atomic mass is 10.1. The Morgan fingerprint density at radius 3 is 2.81 bits per heavy atom. The molecular weight excluding hydrogens is 274 g/mol. The molecule has 0 saturated carbocycles. The maximum atomic E-state index is 12.5. The first kappa shape index (κ1) is 15.5. The van der Waals surface area contributed by atoms with Crippen LogP contribution in [0.15, 0.2) is 6.07 Å². The SMILES string of the molecule is CC(C)c1cc(C(=O)N2CCO[C@H](CC(=O)O)C2)n(C)n1. The highest BCUT2D eigenvalue weighted by molar-refractivity contribution is 5.92. The number of hydrogen-bond acceptors (Lipinski definition) is 4. The number of aliphatic carboxylic acids is 1. The zero-order valence-corrected chi connectivity index (χ0v) is 12.6. The number of carbonyl (C=O) groups excluding carboxylic acids is 1. The molecule has 0 bridgehead atoms. The van der Waals surface area contributed by atoms with Gasteiger partial charge in [-0.25, -0.2) is 0 Å². The van der Waals surface area contributed by atoms with Gasteiger partial charge in [0.2, 0.25) is 0 Å². The Morgan fingerprint density at radius 2 is 2.24 bits per heavy atom. The molecule has 7 nitrogen and oxygen atoms in total. The third kappa shape index (κ3) is 3.60. The number of morpholine rings is 1. The van der Waals surface area contributed by atoms with Crippen molar-refractivity contribution in [3.8, 4) is 0 Å². The molecule has 0 aliphatic carbocycles. The van der Waals surface area contributed by atoms with Crippen LogP contribution in [0, 0.1) is 0 Å². The van der Waals surface area contributed by atoms with Crippen molar-refractivity contribution in [2.24, 2.45) is 7.05 Å². The van der Waals surface area contributed by atoms with Crippen LogP contribution in [0.1, 0.15) is 42.4 Å². The van der Waals surface area contributed by atoms with Crippen LogP contribution in [-0.4, -0.2) is 57.5 Å². The summed E-state index contributed by atoms with van der Waals surface area (Å²) >= 11 is 0. The number of carbonyl (C=O) groups is 2. The number of aromatic nitrogens is 2.